The molecule has 1 rings (SSSR count). The predicted octanol–water partition coefficient (Wildman–Crippen LogP) is -1.93. The highest BCUT2D eigenvalue weighted by atomic mass is 79.9. The quantitative estimate of drug-likeness (QED) is 0.345. The number of hydrogen-bond donors (Lipinski definition) is 1. The maximum absolute atomic E-state index is 8.37. The topological polar surface area (TPSA) is 46.7 Å². The van der Waals surface area contributed by atoms with Gasteiger partial charge in [0.15, 0.2) is 0 Å². The standard InChI is InChI=1S/C6H8N2OS.BrH/c1-4(8-9)6-3-10-5(2)7-6;/h3,9H,1-2H3;1H. The van der Waals surface area contributed by atoms with E-state index >= 15 is 0 Å². The van der Waals surface area contributed by atoms with Crippen molar-refractivity contribution in [3.8, 4) is 0 Å². The molecule has 0 aliphatic carbocycles. The van der Waals surface area contributed by atoms with Gasteiger partial charge in [0.2, 0.25) is 10.7 Å². The lowest BCUT2D eigenvalue weighted by molar-refractivity contribution is -0.381. The highest BCUT2D eigenvalue weighted by Crippen LogP contribution is 2.02. The molecule has 0 aliphatic heterocycles. The van der Waals surface area contributed by atoms with Crippen LogP contribution in [0.3, 0.4) is 0 Å². The van der Waals surface area contributed by atoms with Crippen LogP contribution in [0.5, 0.6) is 0 Å². The number of rotatable bonds is 1. The average molecular weight is 237 g/mol. The van der Waals surface area contributed by atoms with Crippen LogP contribution in [-0.2, 0) is 0 Å². The van der Waals surface area contributed by atoms with E-state index in [1.54, 1.807) is 18.3 Å². The highest BCUT2D eigenvalue weighted by molar-refractivity contribution is 7.09. The Labute approximate surface area is 79.5 Å². The second kappa shape index (κ2) is 4.46. The van der Waals surface area contributed by atoms with Gasteiger partial charge in [0.25, 0.3) is 0 Å². The van der Waals surface area contributed by atoms with Gasteiger partial charge in [-0.2, -0.15) is 4.98 Å². The highest BCUT2D eigenvalue weighted by Gasteiger charge is 2.08. The number of oxime groups is 1. The summed E-state index contributed by atoms with van der Waals surface area (Å²) in [5, 5.41) is 14.5. The lowest BCUT2D eigenvalue weighted by Crippen LogP contribution is -3.00. The molecule has 11 heavy (non-hydrogen) atoms. The number of aromatic amines is 1. The molecule has 0 saturated carbocycles. The molecule has 0 bridgehead atoms. The molecule has 0 spiro atoms. The van der Waals surface area contributed by atoms with E-state index in [1.165, 1.54) is 0 Å². The summed E-state index contributed by atoms with van der Waals surface area (Å²) in [6.45, 7) is 3.72. The number of halogens is 1. The molecule has 0 fully saturated rings. The van der Waals surface area contributed by atoms with Crippen LogP contribution in [0.2, 0.25) is 0 Å². The summed E-state index contributed by atoms with van der Waals surface area (Å²) < 4.78 is 0. The molecule has 5 heteroatoms. The van der Waals surface area contributed by atoms with Crippen molar-refractivity contribution in [1.82, 2.24) is 0 Å². The number of nitrogens with zero attached hydrogens (tertiary/aromatic N) is 1. The summed E-state index contributed by atoms with van der Waals surface area (Å²) in [6, 6.07) is 0. The molecule has 1 aromatic rings. The zero-order chi connectivity index (χ0) is 7.56. The van der Waals surface area contributed by atoms with Crippen LogP contribution >= 0.6 is 11.3 Å². The van der Waals surface area contributed by atoms with Gasteiger partial charge in [-0.1, -0.05) is 16.5 Å². The van der Waals surface area contributed by atoms with Crippen molar-refractivity contribution < 1.29 is 27.2 Å². The first-order valence-electron chi connectivity index (χ1n) is 2.90. The maximum atomic E-state index is 8.37. The maximum Gasteiger partial charge on any atom is 0.239 e. The van der Waals surface area contributed by atoms with Crippen LogP contribution in [0.15, 0.2) is 10.5 Å². The zero-order valence-electron chi connectivity index (χ0n) is 6.26. The lowest BCUT2D eigenvalue weighted by Gasteiger charge is -1.80. The molecule has 0 aliphatic rings. The fourth-order valence-corrected chi connectivity index (χ4v) is 1.32. The number of thiazole rings is 1. The monoisotopic (exact) mass is 236 g/mol. The second-order valence-corrected chi connectivity index (χ2v) is 3.10. The molecule has 0 atom stereocenters. The van der Waals surface area contributed by atoms with E-state index in [-0.39, 0.29) is 17.0 Å². The number of hydrogen-bond acceptors (Lipinski definition) is 3. The number of H-pyrrole nitrogens is 1. The van der Waals surface area contributed by atoms with Crippen LogP contribution in [0, 0.1) is 6.92 Å². The Balaban J connectivity index is 0.000001000. The van der Waals surface area contributed by atoms with Crippen LogP contribution < -0.4 is 22.0 Å². The molecule has 62 valence electrons. The smallest absolute Gasteiger partial charge is 0.239 e. The molecular weight excluding hydrogens is 228 g/mol. The van der Waals surface area contributed by atoms with Crippen molar-refractivity contribution in [3.63, 3.8) is 0 Å². The first kappa shape index (κ1) is 10.6. The van der Waals surface area contributed by atoms with Gasteiger partial charge in [-0.15, -0.1) is 0 Å². The van der Waals surface area contributed by atoms with Crippen LogP contribution in [0.1, 0.15) is 17.6 Å². The molecule has 1 heterocycles. The van der Waals surface area contributed by atoms with Crippen molar-refractivity contribution in [2.45, 2.75) is 13.8 Å². The Morgan fingerprint density at radius 3 is 2.73 bits per heavy atom. The summed E-state index contributed by atoms with van der Waals surface area (Å²) >= 11 is 1.60. The third kappa shape index (κ3) is 2.59. The van der Waals surface area contributed by atoms with Gasteiger partial charge in [-0.3, -0.25) is 0 Å². The SMILES string of the molecule is CC(=NO)c1csc(C)[nH+]1.[Br-]. The minimum Gasteiger partial charge on any atom is -1.00 e. The summed E-state index contributed by atoms with van der Waals surface area (Å²) in [7, 11) is 0. The molecule has 0 unspecified atom stereocenters. The van der Waals surface area contributed by atoms with Crippen LogP contribution in [0.25, 0.3) is 0 Å². The zero-order valence-corrected chi connectivity index (χ0v) is 8.66. The normalized spacial score (nSPS) is 10.9. The van der Waals surface area contributed by atoms with E-state index in [9.17, 15) is 0 Å². The first-order chi connectivity index (χ1) is 4.74. The van der Waals surface area contributed by atoms with Crippen LogP contribution in [0.4, 0.5) is 0 Å². The Morgan fingerprint density at radius 2 is 2.36 bits per heavy atom. The lowest BCUT2D eigenvalue weighted by atomic mass is 10.3. The number of nitrogens with one attached hydrogen (secondary N) is 1. The van der Waals surface area contributed by atoms with Gasteiger partial charge in [0, 0.05) is 6.92 Å². The number of aryl methyl sites for hydroxylation is 1. The molecule has 1 aromatic heterocycles. The summed E-state index contributed by atoms with van der Waals surface area (Å²) in [5.74, 6) is 0. The fourth-order valence-electron chi connectivity index (χ4n) is 0.625. The fraction of sp³-hybridized carbons (Fsp3) is 0.333. The van der Waals surface area contributed by atoms with E-state index in [2.05, 4.69) is 10.1 Å². The van der Waals surface area contributed by atoms with Gasteiger partial charge in [-0.25, -0.2) is 0 Å². The number of aromatic nitrogens is 1. The van der Waals surface area contributed by atoms with E-state index in [0.29, 0.717) is 5.71 Å². The van der Waals surface area contributed by atoms with E-state index in [4.69, 9.17) is 5.21 Å². The van der Waals surface area contributed by atoms with Gasteiger partial charge in [0.05, 0.1) is 5.38 Å². The summed E-state index contributed by atoms with van der Waals surface area (Å²) in [4.78, 5) is 3.05. The molecule has 0 saturated heterocycles. The second-order valence-electron chi connectivity index (χ2n) is 2.02. The molecule has 0 radical (unpaired) electrons. The Hall–Kier alpha value is -0.420. The van der Waals surface area contributed by atoms with Crippen molar-refractivity contribution in [2.24, 2.45) is 5.16 Å². The minimum absolute atomic E-state index is 0. The molecule has 0 amide bonds. The van der Waals surface area contributed by atoms with Gasteiger partial charge >= 0.3 is 0 Å². The van der Waals surface area contributed by atoms with Gasteiger partial charge in [0.1, 0.15) is 5.71 Å². The van der Waals surface area contributed by atoms with E-state index in [1.807, 2.05) is 12.3 Å². The molecule has 2 N–H and O–H groups in total. The molecule has 0 aromatic carbocycles. The summed E-state index contributed by atoms with van der Waals surface area (Å²) in [6.07, 6.45) is 0. The van der Waals surface area contributed by atoms with Crippen molar-refractivity contribution >= 4 is 17.0 Å². The third-order valence-corrected chi connectivity index (χ3v) is 2.01. The Kier molecular flexibility index (Phi) is 4.29. The van der Waals surface area contributed by atoms with E-state index < -0.39 is 0 Å². The molecular formula is C6H9BrN2OS. The Bertz CT molecular complexity index is 259. The van der Waals surface area contributed by atoms with Crippen LogP contribution in [-0.4, -0.2) is 10.9 Å². The van der Waals surface area contributed by atoms with Crippen molar-refractivity contribution in [1.29, 1.82) is 0 Å². The Morgan fingerprint density at radius 1 is 1.73 bits per heavy atom. The predicted molar refractivity (Wildman–Crippen MR) is 39.6 cm³/mol. The summed E-state index contributed by atoms with van der Waals surface area (Å²) in [5.41, 5.74) is 1.49. The third-order valence-electron chi connectivity index (χ3n) is 1.20. The van der Waals surface area contributed by atoms with Crippen molar-refractivity contribution in [2.75, 3.05) is 0 Å². The minimum atomic E-state index is 0. The van der Waals surface area contributed by atoms with Crippen molar-refractivity contribution in [3.05, 3.63) is 16.1 Å². The average Bonchev–Trinajstić information content (AvgIpc) is 2.34. The first-order valence-corrected chi connectivity index (χ1v) is 3.78. The largest absolute Gasteiger partial charge is 1.00 e. The molecule has 3 nitrogen and oxygen atoms in total. The van der Waals surface area contributed by atoms with Gasteiger partial charge < -0.3 is 22.2 Å². The van der Waals surface area contributed by atoms with E-state index in [0.717, 1.165) is 10.7 Å². The van der Waals surface area contributed by atoms with Gasteiger partial charge in [-0.05, 0) is 6.92 Å².